The lowest BCUT2D eigenvalue weighted by atomic mass is 9.82. The third-order valence-corrected chi connectivity index (χ3v) is 10.1. The van der Waals surface area contributed by atoms with Gasteiger partial charge in [-0.25, -0.2) is 4.79 Å². The fourth-order valence-corrected chi connectivity index (χ4v) is 6.38. The van der Waals surface area contributed by atoms with Gasteiger partial charge in [-0.15, -0.1) is 0 Å². The number of esters is 1. The Kier molecular flexibility index (Phi) is 13.0. The molecule has 51 heavy (non-hydrogen) atoms. The van der Waals surface area contributed by atoms with E-state index in [1.54, 1.807) is 45.0 Å². The molecule has 3 amide bonds. The summed E-state index contributed by atoms with van der Waals surface area (Å²) in [6.45, 7) is 13.4. The van der Waals surface area contributed by atoms with E-state index in [0.717, 1.165) is 11.1 Å². The van der Waals surface area contributed by atoms with Crippen molar-refractivity contribution in [1.82, 2.24) is 16.0 Å². The van der Waals surface area contributed by atoms with Crippen molar-refractivity contribution in [2.45, 2.75) is 111 Å². The number of hydrogen-bond donors (Lipinski definition) is 4. The van der Waals surface area contributed by atoms with Gasteiger partial charge in [-0.05, 0) is 67.5 Å². The van der Waals surface area contributed by atoms with Crippen molar-refractivity contribution in [2.24, 2.45) is 22.5 Å². The first kappa shape index (κ1) is 39.8. The largest absolute Gasteiger partial charge is 0.495 e. The molecule has 0 unspecified atom stereocenters. The molecule has 2 aliphatic rings. The zero-order chi connectivity index (χ0) is 37.7. The Hall–Kier alpha value is -3.93. The van der Waals surface area contributed by atoms with E-state index >= 15 is 0 Å². The number of carbonyl (C=O) groups excluding carboxylic acids is 4. The smallest absolute Gasteiger partial charge is 0.328 e. The SMILES string of the molecule is COc1ccc(C[C@H]2NC(=O)/C=C\C[C@@H]([C@H](C)[C@H]3O[C@@H]3c3ccc(CN)cc3)OC(=O)[C@H](CC(C)(C)C)NC(=O)C(C)(C)[C@H](C)NC2=O)cc1Cl. The molecule has 5 N–H and O–H groups in total. The molecule has 2 aromatic rings. The van der Waals surface area contributed by atoms with Crippen LogP contribution in [0.3, 0.4) is 0 Å². The average Bonchev–Trinajstić information content (AvgIpc) is 3.87. The predicted octanol–water partition coefficient (Wildman–Crippen LogP) is 4.93. The van der Waals surface area contributed by atoms with Crippen LogP contribution in [0.1, 0.15) is 84.1 Å². The van der Waals surface area contributed by atoms with Gasteiger partial charge in [0.1, 0.15) is 30.0 Å². The van der Waals surface area contributed by atoms with Crippen LogP contribution >= 0.6 is 11.6 Å². The van der Waals surface area contributed by atoms with Gasteiger partial charge in [0.15, 0.2) is 0 Å². The summed E-state index contributed by atoms with van der Waals surface area (Å²) >= 11 is 6.36. The highest BCUT2D eigenvalue weighted by atomic mass is 35.5. The van der Waals surface area contributed by atoms with Crippen LogP contribution in [0.4, 0.5) is 0 Å². The quantitative estimate of drug-likeness (QED) is 0.220. The molecule has 0 radical (unpaired) electrons. The van der Waals surface area contributed by atoms with Gasteiger partial charge in [0.2, 0.25) is 17.7 Å². The van der Waals surface area contributed by atoms with E-state index in [4.69, 9.17) is 31.5 Å². The molecule has 4 rings (SSSR count). The Bertz CT molecular complexity index is 1600. The summed E-state index contributed by atoms with van der Waals surface area (Å²) in [5.74, 6) is -1.76. The van der Waals surface area contributed by atoms with Crippen molar-refractivity contribution in [3.63, 3.8) is 0 Å². The maximum atomic E-state index is 13.9. The molecular weight excluding hydrogens is 672 g/mol. The number of ether oxygens (including phenoxy) is 3. The van der Waals surface area contributed by atoms with Crippen LogP contribution < -0.4 is 26.4 Å². The molecule has 2 aliphatic heterocycles. The molecule has 0 aliphatic carbocycles. The van der Waals surface area contributed by atoms with Gasteiger partial charge in [0, 0.05) is 31.3 Å². The zero-order valence-corrected chi connectivity index (χ0v) is 31.6. The molecule has 0 bridgehead atoms. The number of amides is 3. The summed E-state index contributed by atoms with van der Waals surface area (Å²) in [6.07, 6.45) is 2.52. The molecule has 0 spiro atoms. The minimum Gasteiger partial charge on any atom is -0.495 e. The molecule has 1 saturated heterocycles. The van der Waals surface area contributed by atoms with E-state index in [1.165, 1.54) is 13.2 Å². The first-order chi connectivity index (χ1) is 23.9. The highest BCUT2D eigenvalue weighted by Gasteiger charge is 2.48. The van der Waals surface area contributed by atoms with Gasteiger partial charge < -0.3 is 35.9 Å². The fourth-order valence-electron chi connectivity index (χ4n) is 6.10. The fraction of sp³-hybridized carbons (Fsp3) is 0.538. The lowest BCUT2D eigenvalue weighted by molar-refractivity contribution is -0.157. The van der Waals surface area contributed by atoms with Gasteiger partial charge in [0.25, 0.3) is 0 Å². The first-order valence-electron chi connectivity index (χ1n) is 17.5. The van der Waals surface area contributed by atoms with Crippen molar-refractivity contribution in [3.8, 4) is 5.75 Å². The minimum absolute atomic E-state index is 0.131. The molecule has 0 aromatic heterocycles. The zero-order valence-electron chi connectivity index (χ0n) is 30.9. The van der Waals surface area contributed by atoms with Gasteiger partial charge in [0.05, 0.1) is 23.7 Å². The van der Waals surface area contributed by atoms with Crippen LogP contribution in [-0.2, 0) is 41.6 Å². The molecule has 12 heteroatoms. The van der Waals surface area contributed by atoms with E-state index in [9.17, 15) is 19.2 Å². The summed E-state index contributed by atoms with van der Waals surface area (Å²) in [6, 6.07) is 10.4. The Labute approximate surface area is 306 Å². The number of benzene rings is 2. The van der Waals surface area contributed by atoms with Crippen LogP contribution in [0.2, 0.25) is 5.02 Å². The second-order valence-corrected chi connectivity index (χ2v) is 15.8. The van der Waals surface area contributed by atoms with Gasteiger partial charge in [-0.2, -0.15) is 0 Å². The van der Waals surface area contributed by atoms with E-state index in [-0.39, 0.29) is 36.4 Å². The normalized spacial score (nSPS) is 27.3. The summed E-state index contributed by atoms with van der Waals surface area (Å²) in [5.41, 5.74) is 6.99. The lowest BCUT2D eigenvalue weighted by Crippen LogP contribution is -2.58. The number of nitrogens with one attached hydrogen (secondary N) is 3. The van der Waals surface area contributed by atoms with Crippen LogP contribution in [-0.4, -0.2) is 61.1 Å². The topological polar surface area (TPSA) is 161 Å². The van der Waals surface area contributed by atoms with Gasteiger partial charge >= 0.3 is 5.97 Å². The predicted molar refractivity (Wildman–Crippen MR) is 196 cm³/mol. The summed E-state index contributed by atoms with van der Waals surface area (Å²) in [7, 11) is 1.51. The number of halogens is 1. The number of hydrogen-bond acceptors (Lipinski definition) is 8. The van der Waals surface area contributed by atoms with Crippen molar-refractivity contribution < 1.29 is 33.4 Å². The van der Waals surface area contributed by atoms with Crippen LogP contribution in [0, 0.1) is 16.7 Å². The van der Waals surface area contributed by atoms with E-state index < -0.39 is 53.3 Å². The molecule has 278 valence electrons. The highest BCUT2D eigenvalue weighted by molar-refractivity contribution is 6.32. The molecule has 2 aromatic carbocycles. The third kappa shape index (κ3) is 10.6. The van der Waals surface area contributed by atoms with Crippen LogP contribution in [0.5, 0.6) is 5.75 Å². The molecule has 7 atom stereocenters. The van der Waals surface area contributed by atoms with Crippen molar-refractivity contribution in [3.05, 3.63) is 76.3 Å². The first-order valence-corrected chi connectivity index (χ1v) is 17.9. The number of epoxide rings is 1. The van der Waals surface area contributed by atoms with E-state index in [0.29, 0.717) is 29.3 Å². The Morgan fingerprint density at radius 2 is 1.67 bits per heavy atom. The lowest BCUT2D eigenvalue weighted by Gasteiger charge is -2.35. The molecule has 2 heterocycles. The number of cyclic esters (lactones) is 1. The highest BCUT2D eigenvalue weighted by Crippen LogP contribution is 2.45. The Morgan fingerprint density at radius 1 is 1.00 bits per heavy atom. The number of methoxy groups -OCH3 is 1. The molecule has 1 fully saturated rings. The monoisotopic (exact) mass is 724 g/mol. The number of carbonyl (C=O) groups is 4. The standard InChI is InChI=1S/C39H53ClN4O7/c1-22(33-34(51-33)26-15-12-24(21-41)13-16-26)30-10-9-11-32(45)43-28(19-25-14-17-31(49-8)27(40)18-25)35(46)42-23(2)39(6,7)37(48)44-29(36(47)50-30)20-38(3,4)5/h9,11-18,22-23,28-30,33-34H,10,19-21,41H2,1-8H3,(H,42,46)(H,43,45)(H,44,48)/b11-9-/t22-,23-,28+,29-,30-,33+,34+/m0/s1. The second-order valence-electron chi connectivity index (χ2n) is 15.4. The van der Waals surface area contributed by atoms with Gasteiger partial charge in [-0.1, -0.05) is 75.7 Å². The minimum atomic E-state index is -1.15. The van der Waals surface area contributed by atoms with E-state index in [1.807, 2.05) is 52.0 Å². The van der Waals surface area contributed by atoms with Crippen molar-refractivity contribution in [1.29, 1.82) is 0 Å². The molecule has 11 nitrogen and oxygen atoms in total. The summed E-state index contributed by atoms with van der Waals surface area (Å²) < 4.78 is 17.6. The molecule has 0 saturated carbocycles. The maximum absolute atomic E-state index is 13.9. The summed E-state index contributed by atoms with van der Waals surface area (Å²) in [5, 5.41) is 9.04. The molecular formula is C39H53ClN4O7. The Balaban J connectivity index is 1.65. The van der Waals surface area contributed by atoms with Crippen LogP contribution in [0.25, 0.3) is 0 Å². The van der Waals surface area contributed by atoms with E-state index in [2.05, 4.69) is 16.0 Å². The number of nitrogens with two attached hydrogens (primary N) is 1. The maximum Gasteiger partial charge on any atom is 0.328 e. The third-order valence-electron chi connectivity index (χ3n) is 9.80. The van der Waals surface area contributed by atoms with Crippen molar-refractivity contribution in [2.75, 3.05) is 7.11 Å². The number of rotatable bonds is 8. The van der Waals surface area contributed by atoms with Crippen molar-refractivity contribution >= 4 is 35.3 Å². The van der Waals surface area contributed by atoms with Gasteiger partial charge in [-0.3, -0.25) is 14.4 Å². The van der Waals surface area contributed by atoms with Crippen LogP contribution in [0.15, 0.2) is 54.6 Å². The summed E-state index contributed by atoms with van der Waals surface area (Å²) in [4.78, 5) is 54.9. The second kappa shape index (κ2) is 16.6. The Morgan fingerprint density at radius 3 is 2.27 bits per heavy atom. The average molecular weight is 725 g/mol.